The van der Waals surface area contributed by atoms with Gasteiger partial charge in [-0.25, -0.2) is 8.78 Å². The highest BCUT2D eigenvalue weighted by molar-refractivity contribution is 5.97. The Kier molecular flexibility index (Phi) is 4.88. The van der Waals surface area contributed by atoms with E-state index in [4.69, 9.17) is 4.42 Å². The molecule has 0 unspecified atom stereocenters. The molecule has 3 rings (SSSR count). The monoisotopic (exact) mass is 346 g/mol. The van der Waals surface area contributed by atoms with Crippen molar-refractivity contribution in [3.8, 4) is 0 Å². The molecule has 0 spiro atoms. The molecule has 0 atom stereocenters. The number of hydrogen-bond acceptors (Lipinski definition) is 2. The average molecular weight is 346 g/mol. The van der Waals surface area contributed by atoms with E-state index < -0.39 is 11.6 Å². The van der Waals surface area contributed by atoms with Gasteiger partial charge in [-0.1, -0.05) is 19.9 Å². The lowest BCUT2D eigenvalue weighted by Gasteiger charge is -2.11. The number of nitrogens with zero attached hydrogens (tertiary/aromatic N) is 1. The number of carbonyl (C=O) groups is 1. The topological polar surface area (TPSA) is 47.2 Å². The molecule has 2 aromatic heterocycles. The fourth-order valence-corrected chi connectivity index (χ4v) is 2.72. The highest BCUT2D eigenvalue weighted by atomic mass is 19.2. The third-order valence-corrected chi connectivity index (χ3v) is 4.09. The second kappa shape index (κ2) is 7.09. The first-order valence-electron chi connectivity index (χ1n) is 8.24. The van der Waals surface area contributed by atoms with Gasteiger partial charge in [0.1, 0.15) is 5.69 Å². The van der Waals surface area contributed by atoms with Crippen molar-refractivity contribution in [1.29, 1.82) is 0 Å². The quantitative estimate of drug-likeness (QED) is 0.722. The summed E-state index contributed by atoms with van der Waals surface area (Å²) in [5.74, 6) is -1.52. The minimum Gasteiger partial charge on any atom is -0.463 e. The molecule has 25 heavy (non-hydrogen) atoms. The molecule has 1 N–H and O–H groups in total. The Labute approximate surface area is 144 Å². The van der Waals surface area contributed by atoms with Crippen LogP contribution in [0.15, 0.2) is 41.0 Å². The standard InChI is InChI=1S/C19H20F2N2O2/c1-12(2)5-7-22-19(24)17-10-18-16(6-8-25-18)23(17)11-13-3-4-14(20)15(21)9-13/h3-4,6,8-10,12H,5,7,11H2,1-2H3,(H,22,24). The van der Waals surface area contributed by atoms with Crippen LogP contribution in [0.2, 0.25) is 0 Å². The number of carbonyl (C=O) groups excluding carboxylic acids is 1. The SMILES string of the molecule is CC(C)CCNC(=O)c1cc2occc2n1Cc1ccc(F)c(F)c1. The van der Waals surface area contributed by atoms with E-state index in [0.717, 1.165) is 24.1 Å². The summed E-state index contributed by atoms with van der Waals surface area (Å²) in [5.41, 5.74) is 2.31. The normalized spacial score (nSPS) is 11.4. The van der Waals surface area contributed by atoms with Gasteiger partial charge < -0.3 is 14.3 Å². The van der Waals surface area contributed by atoms with Crippen LogP contribution in [0.1, 0.15) is 36.3 Å². The van der Waals surface area contributed by atoms with Gasteiger partial charge in [0, 0.05) is 25.2 Å². The van der Waals surface area contributed by atoms with Crippen LogP contribution in [0, 0.1) is 17.6 Å². The minimum absolute atomic E-state index is 0.213. The molecule has 0 bridgehead atoms. The molecule has 3 aromatic rings. The summed E-state index contributed by atoms with van der Waals surface area (Å²) in [5, 5.41) is 2.89. The summed E-state index contributed by atoms with van der Waals surface area (Å²) in [6.07, 6.45) is 2.42. The predicted molar refractivity (Wildman–Crippen MR) is 91.5 cm³/mol. The van der Waals surface area contributed by atoms with E-state index in [2.05, 4.69) is 19.2 Å². The molecule has 0 saturated heterocycles. The number of hydrogen-bond donors (Lipinski definition) is 1. The van der Waals surface area contributed by atoms with Crippen molar-refractivity contribution in [3.63, 3.8) is 0 Å². The summed E-state index contributed by atoms with van der Waals surface area (Å²) in [6, 6.07) is 7.15. The zero-order valence-electron chi connectivity index (χ0n) is 14.2. The van der Waals surface area contributed by atoms with E-state index in [0.29, 0.717) is 29.3 Å². The molecular formula is C19H20F2N2O2. The molecule has 6 heteroatoms. The Balaban J connectivity index is 1.88. The van der Waals surface area contributed by atoms with E-state index in [1.165, 1.54) is 12.3 Å². The van der Waals surface area contributed by atoms with Crippen LogP contribution in [-0.4, -0.2) is 17.0 Å². The largest absolute Gasteiger partial charge is 0.463 e. The van der Waals surface area contributed by atoms with Gasteiger partial charge in [0.05, 0.1) is 11.8 Å². The number of aromatic nitrogens is 1. The maximum Gasteiger partial charge on any atom is 0.268 e. The van der Waals surface area contributed by atoms with Crippen LogP contribution in [0.4, 0.5) is 8.78 Å². The molecule has 1 amide bonds. The highest BCUT2D eigenvalue weighted by Gasteiger charge is 2.18. The first kappa shape index (κ1) is 17.2. The Morgan fingerprint density at radius 2 is 2.00 bits per heavy atom. The molecule has 4 nitrogen and oxygen atoms in total. The van der Waals surface area contributed by atoms with E-state index in [9.17, 15) is 13.6 Å². The van der Waals surface area contributed by atoms with Gasteiger partial charge in [-0.2, -0.15) is 0 Å². The molecule has 1 aromatic carbocycles. The van der Waals surface area contributed by atoms with E-state index >= 15 is 0 Å². The van der Waals surface area contributed by atoms with Crippen LogP contribution in [0.5, 0.6) is 0 Å². The van der Waals surface area contributed by atoms with Crippen LogP contribution < -0.4 is 5.32 Å². The van der Waals surface area contributed by atoms with Crippen LogP contribution in [-0.2, 0) is 6.54 Å². The second-order valence-electron chi connectivity index (χ2n) is 6.47. The number of fused-ring (bicyclic) bond motifs is 1. The van der Waals surface area contributed by atoms with Gasteiger partial charge in [-0.05, 0) is 30.0 Å². The summed E-state index contributed by atoms with van der Waals surface area (Å²) in [4.78, 5) is 12.5. The lowest BCUT2D eigenvalue weighted by Crippen LogP contribution is -2.27. The predicted octanol–water partition coefficient (Wildman–Crippen LogP) is 4.34. The number of halogens is 2. The van der Waals surface area contributed by atoms with E-state index in [1.54, 1.807) is 16.7 Å². The van der Waals surface area contributed by atoms with Gasteiger partial charge in [-0.15, -0.1) is 0 Å². The summed E-state index contributed by atoms with van der Waals surface area (Å²) >= 11 is 0. The first-order valence-corrected chi connectivity index (χ1v) is 8.24. The third kappa shape index (κ3) is 3.73. The zero-order valence-corrected chi connectivity index (χ0v) is 14.2. The molecule has 0 aliphatic heterocycles. The van der Waals surface area contributed by atoms with Crippen LogP contribution in [0.25, 0.3) is 11.1 Å². The maximum absolute atomic E-state index is 13.5. The molecule has 2 heterocycles. The second-order valence-corrected chi connectivity index (χ2v) is 6.47. The Morgan fingerprint density at radius 1 is 1.20 bits per heavy atom. The van der Waals surface area contributed by atoms with Crippen molar-refractivity contribution < 1.29 is 18.0 Å². The van der Waals surface area contributed by atoms with Crippen molar-refractivity contribution >= 4 is 17.0 Å². The van der Waals surface area contributed by atoms with Crippen LogP contribution in [0.3, 0.4) is 0 Å². The highest BCUT2D eigenvalue weighted by Crippen LogP contribution is 2.23. The maximum atomic E-state index is 13.5. The average Bonchev–Trinajstić information content (AvgIpc) is 3.13. The van der Waals surface area contributed by atoms with Crippen molar-refractivity contribution in [3.05, 3.63) is 59.5 Å². The van der Waals surface area contributed by atoms with Gasteiger partial charge in [0.2, 0.25) is 0 Å². The fraction of sp³-hybridized carbons (Fsp3) is 0.316. The van der Waals surface area contributed by atoms with Crippen molar-refractivity contribution in [2.75, 3.05) is 6.54 Å². The number of rotatable bonds is 6. The van der Waals surface area contributed by atoms with E-state index in [-0.39, 0.29) is 12.5 Å². The Morgan fingerprint density at radius 3 is 2.72 bits per heavy atom. The molecular weight excluding hydrogens is 326 g/mol. The number of furan rings is 1. The van der Waals surface area contributed by atoms with Crippen LogP contribution >= 0.6 is 0 Å². The van der Waals surface area contributed by atoms with Gasteiger partial charge >= 0.3 is 0 Å². The molecule has 0 aliphatic carbocycles. The van der Waals surface area contributed by atoms with Crippen molar-refractivity contribution in [2.24, 2.45) is 5.92 Å². The molecule has 0 aliphatic rings. The molecule has 0 radical (unpaired) electrons. The summed E-state index contributed by atoms with van der Waals surface area (Å²) in [7, 11) is 0. The van der Waals surface area contributed by atoms with Gasteiger partial charge in [0.15, 0.2) is 17.2 Å². The van der Waals surface area contributed by atoms with Gasteiger partial charge in [0.25, 0.3) is 5.91 Å². The lowest BCUT2D eigenvalue weighted by atomic mass is 10.1. The number of benzene rings is 1. The minimum atomic E-state index is -0.906. The molecule has 132 valence electrons. The van der Waals surface area contributed by atoms with E-state index in [1.807, 2.05) is 0 Å². The zero-order chi connectivity index (χ0) is 18.0. The van der Waals surface area contributed by atoms with Gasteiger partial charge in [-0.3, -0.25) is 4.79 Å². The fourth-order valence-electron chi connectivity index (χ4n) is 2.72. The number of nitrogens with one attached hydrogen (secondary N) is 1. The molecule has 0 saturated carbocycles. The van der Waals surface area contributed by atoms with Crippen molar-refractivity contribution in [1.82, 2.24) is 9.88 Å². The number of amides is 1. The lowest BCUT2D eigenvalue weighted by molar-refractivity contribution is 0.0943. The first-order chi connectivity index (χ1) is 12.0. The Hall–Kier alpha value is -2.63. The smallest absolute Gasteiger partial charge is 0.268 e. The van der Waals surface area contributed by atoms with Crippen molar-refractivity contribution in [2.45, 2.75) is 26.8 Å². The molecule has 0 fully saturated rings. The summed E-state index contributed by atoms with van der Waals surface area (Å²) in [6.45, 7) is 5.00. The third-order valence-electron chi connectivity index (χ3n) is 4.09. The Bertz CT molecular complexity index is 896. The summed E-state index contributed by atoms with van der Waals surface area (Å²) < 4.78 is 33.7.